The molecule has 0 spiro atoms. The third-order valence-electron chi connectivity index (χ3n) is 4.94. The number of nitrogens with one attached hydrogen (secondary N) is 1. The summed E-state index contributed by atoms with van der Waals surface area (Å²) in [6, 6.07) is 9.84. The lowest BCUT2D eigenvalue weighted by Gasteiger charge is -2.09. The molecule has 2 N–H and O–H groups in total. The normalized spacial score (nSPS) is 11.7. The highest BCUT2D eigenvalue weighted by Gasteiger charge is 2.17. The summed E-state index contributed by atoms with van der Waals surface area (Å²) in [4.78, 5) is 12.1. The van der Waals surface area contributed by atoms with E-state index in [4.69, 9.17) is 0 Å². The lowest BCUT2D eigenvalue weighted by Crippen LogP contribution is -1.96. The first kappa shape index (κ1) is 18.4. The summed E-state index contributed by atoms with van der Waals surface area (Å²) >= 11 is 0. The molecule has 0 aliphatic carbocycles. The van der Waals surface area contributed by atoms with Crippen LogP contribution in [0.1, 0.15) is 30.5 Å². The Labute approximate surface area is 168 Å². The smallest absolute Gasteiger partial charge is 0.198 e. The fourth-order valence-electron chi connectivity index (χ4n) is 3.62. The average Bonchev–Trinajstić information content (AvgIpc) is 3.27. The number of aryl methyl sites for hydroxylation is 1. The molecule has 0 saturated carbocycles. The number of fused-ring (bicyclic) bond motifs is 1. The second kappa shape index (κ2) is 7.24. The maximum atomic E-state index is 10.5. The van der Waals surface area contributed by atoms with E-state index in [1.54, 1.807) is 17.1 Å². The average molecular weight is 384 g/mol. The van der Waals surface area contributed by atoms with Crippen molar-refractivity contribution in [2.75, 3.05) is 0 Å². The third kappa shape index (κ3) is 3.25. The number of aromatic amines is 1. The van der Waals surface area contributed by atoms with E-state index in [1.807, 2.05) is 51.4 Å². The summed E-state index contributed by atoms with van der Waals surface area (Å²) in [5, 5.41) is 24.9. The molecule has 3 heterocycles. The van der Waals surface area contributed by atoms with E-state index in [-0.39, 0.29) is 5.88 Å². The number of hydrogen-bond acceptors (Lipinski definition) is 5. The number of aromatic nitrogens is 4. The molecule has 0 aliphatic rings. The van der Waals surface area contributed by atoms with Crippen molar-refractivity contribution in [2.24, 2.45) is 12.0 Å². The Morgan fingerprint density at radius 3 is 2.86 bits per heavy atom. The SMILES string of the molecule is CCc1c(C#N)cccc1-c1cc2c(C(C)=Nc3cnn(C)c3)c(O)[nH]c2cn1. The van der Waals surface area contributed by atoms with E-state index < -0.39 is 0 Å². The minimum Gasteiger partial charge on any atom is -0.494 e. The number of H-pyrrole nitrogens is 1. The molecule has 0 amide bonds. The fraction of sp³-hybridized carbons (Fsp3) is 0.182. The fourth-order valence-corrected chi connectivity index (χ4v) is 3.62. The van der Waals surface area contributed by atoms with Crippen LogP contribution < -0.4 is 0 Å². The molecule has 7 heteroatoms. The molecular weight excluding hydrogens is 364 g/mol. The van der Waals surface area contributed by atoms with Crippen molar-refractivity contribution in [1.82, 2.24) is 19.7 Å². The number of pyridine rings is 1. The number of aliphatic imine (C=N–C) groups is 1. The monoisotopic (exact) mass is 384 g/mol. The summed E-state index contributed by atoms with van der Waals surface area (Å²) in [6.45, 7) is 3.87. The van der Waals surface area contributed by atoms with Gasteiger partial charge >= 0.3 is 0 Å². The summed E-state index contributed by atoms with van der Waals surface area (Å²) in [7, 11) is 1.83. The van der Waals surface area contributed by atoms with Crippen molar-refractivity contribution in [1.29, 1.82) is 5.26 Å². The highest BCUT2D eigenvalue weighted by molar-refractivity contribution is 6.13. The van der Waals surface area contributed by atoms with Crippen LogP contribution in [-0.2, 0) is 13.5 Å². The van der Waals surface area contributed by atoms with E-state index in [0.29, 0.717) is 22.5 Å². The van der Waals surface area contributed by atoms with Gasteiger partial charge in [0.1, 0.15) is 5.69 Å². The van der Waals surface area contributed by atoms with Crippen LogP contribution in [0.25, 0.3) is 22.2 Å². The third-order valence-corrected chi connectivity index (χ3v) is 4.94. The second-order valence-electron chi connectivity index (χ2n) is 6.83. The predicted octanol–water partition coefficient (Wildman–Crippen LogP) is 4.24. The van der Waals surface area contributed by atoms with Gasteiger partial charge in [0.05, 0.1) is 52.7 Å². The molecule has 0 unspecified atom stereocenters. The maximum absolute atomic E-state index is 10.5. The maximum Gasteiger partial charge on any atom is 0.198 e. The van der Waals surface area contributed by atoms with Gasteiger partial charge in [-0.25, -0.2) is 4.99 Å². The predicted molar refractivity (Wildman–Crippen MR) is 112 cm³/mol. The first-order chi connectivity index (χ1) is 14.0. The van der Waals surface area contributed by atoms with Crippen molar-refractivity contribution in [3.8, 4) is 23.2 Å². The summed E-state index contributed by atoms with van der Waals surface area (Å²) in [5.74, 6) is 0.0468. The van der Waals surface area contributed by atoms with Gasteiger partial charge in [-0.1, -0.05) is 19.1 Å². The molecular formula is C22H20N6O. The molecule has 7 nitrogen and oxygen atoms in total. The highest BCUT2D eigenvalue weighted by Crippen LogP contribution is 2.33. The minimum atomic E-state index is 0.0468. The van der Waals surface area contributed by atoms with E-state index in [1.165, 1.54) is 0 Å². The molecule has 4 rings (SSSR count). The van der Waals surface area contributed by atoms with Gasteiger partial charge in [0.25, 0.3) is 0 Å². The Bertz CT molecular complexity index is 1290. The Kier molecular flexibility index (Phi) is 4.61. The molecule has 3 aromatic heterocycles. The lowest BCUT2D eigenvalue weighted by atomic mass is 9.96. The molecule has 0 atom stereocenters. The number of rotatable bonds is 4. The van der Waals surface area contributed by atoms with Crippen molar-refractivity contribution >= 4 is 22.3 Å². The van der Waals surface area contributed by atoms with Crippen LogP contribution in [-0.4, -0.2) is 30.6 Å². The van der Waals surface area contributed by atoms with Gasteiger partial charge in [0.2, 0.25) is 0 Å². The summed E-state index contributed by atoms with van der Waals surface area (Å²) in [6.07, 6.45) is 5.90. The molecule has 29 heavy (non-hydrogen) atoms. The van der Waals surface area contributed by atoms with E-state index in [2.05, 4.69) is 26.1 Å². The van der Waals surface area contributed by atoms with Gasteiger partial charge in [-0.15, -0.1) is 0 Å². The summed E-state index contributed by atoms with van der Waals surface area (Å²) in [5.41, 5.74) is 6.01. The standard InChI is InChI=1S/C22H20N6O/c1-4-16-14(9-23)6-5-7-17(16)19-8-18-20(11-24-19)27-22(29)21(18)13(2)26-15-10-25-28(3)12-15/h5-8,10-12,27,29H,4H2,1-3H3. The number of benzene rings is 1. The van der Waals surface area contributed by atoms with Crippen LogP contribution in [0.15, 0.2) is 47.8 Å². The van der Waals surface area contributed by atoms with Gasteiger partial charge in [0, 0.05) is 18.0 Å². The van der Waals surface area contributed by atoms with Crippen LogP contribution in [0, 0.1) is 11.3 Å². The van der Waals surface area contributed by atoms with Gasteiger partial charge in [-0.2, -0.15) is 10.4 Å². The number of hydrogen-bond donors (Lipinski definition) is 2. The Morgan fingerprint density at radius 2 is 2.17 bits per heavy atom. The van der Waals surface area contributed by atoms with Crippen LogP contribution in [0.3, 0.4) is 0 Å². The molecule has 0 bridgehead atoms. The van der Waals surface area contributed by atoms with Crippen molar-refractivity contribution < 1.29 is 5.11 Å². The first-order valence-electron chi connectivity index (χ1n) is 9.29. The Morgan fingerprint density at radius 1 is 1.34 bits per heavy atom. The molecule has 144 valence electrons. The molecule has 1 aromatic carbocycles. The first-order valence-corrected chi connectivity index (χ1v) is 9.29. The van der Waals surface area contributed by atoms with Crippen molar-refractivity contribution in [2.45, 2.75) is 20.3 Å². The molecule has 0 saturated heterocycles. The number of nitriles is 1. The van der Waals surface area contributed by atoms with E-state index in [0.717, 1.165) is 34.1 Å². The van der Waals surface area contributed by atoms with Crippen LogP contribution >= 0.6 is 0 Å². The Hall–Kier alpha value is -3.92. The van der Waals surface area contributed by atoms with Crippen molar-refractivity contribution in [3.63, 3.8) is 0 Å². The van der Waals surface area contributed by atoms with Crippen LogP contribution in [0.4, 0.5) is 5.69 Å². The van der Waals surface area contributed by atoms with E-state index in [9.17, 15) is 10.4 Å². The number of nitrogens with zero attached hydrogens (tertiary/aromatic N) is 5. The van der Waals surface area contributed by atoms with Gasteiger partial charge in [-0.05, 0) is 31.0 Å². The zero-order chi connectivity index (χ0) is 20.5. The van der Waals surface area contributed by atoms with Gasteiger partial charge < -0.3 is 10.1 Å². The van der Waals surface area contributed by atoms with Crippen LogP contribution in [0.2, 0.25) is 0 Å². The Balaban J connectivity index is 1.89. The topological polar surface area (TPSA) is 103 Å². The highest BCUT2D eigenvalue weighted by atomic mass is 16.3. The quantitative estimate of drug-likeness (QED) is 0.514. The molecule has 0 radical (unpaired) electrons. The van der Waals surface area contributed by atoms with Crippen molar-refractivity contribution in [3.05, 3.63) is 59.5 Å². The largest absolute Gasteiger partial charge is 0.494 e. The second-order valence-corrected chi connectivity index (χ2v) is 6.83. The molecule has 4 aromatic rings. The lowest BCUT2D eigenvalue weighted by molar-refractivity contribution is 0.457. The minimum absolute atomic E-state index is 0.0468. The molecule has 0 fully saturated rings. The van der Waals surface area contributed by atoms with Gasteiger partial charge in [-0.3, -0.25) is 9.67 Å². The number of aromatic hydroxyl groups is 1. The molecule has 0 aliphatic heterocycles. The van der Waals surface area contributed by atoms with E-state index >= 15 is 0 Å². The zero-order valence-electron chi connectivity index (χ0n) is 16.4. The summed E-state index contributed by atoms with van der Waals surface area (Å²) < 4.78 is 1.68. The van der Waals surface area contributed by atoms with Crippen LogP contribution in [0.5, 0.6) is 5.88 Å². The zero-order valence-corrected chi connectivity index (χ0v) is 16.4. The van der Waals surface area contributed by atoms with Gasteiger partial charge in [0.15, 0.2) is 5.88 Å².